The zero-order valence-electron chi connectivity index (χ0n) is 20.7. The monoisotopic (exact) mass is 469 g/mol. The molecule has 0 amide bonds. The van der Waals surface area contributed by atoms with E-state index in [0.29, 0.717) is 12.4 Å². The average molecular weight is 470 g/mol. The highest BCUT2D eigenvalue weighted by molar-refractivity contribution is 5.80. The van der Waals surface area contributed by atoms with E-state index in [-0.39, 0.29) is 6.61 Å². The molecule has 3 aromatic rings. The highest BCUT2D eigenvalue weighted by Gasteiger charge is 2.07. The lowest BCUT2D eigenvalue weighted by molar-refractivity contribution is -0.142. The van der Waals surface area contributed by atoms with Gasteiger partial charge in [-0.15, -0.1) is 0 Å². The second-order valence-electron chi connectivity index (χ2n) is 8.20. The third-order valence-electron chi connectivity index (χ3n) is 5.17. The first kappa shape index (κ1) is 25.6. The van der Waals surface area contributed by atoms with E-state index in [1.54, 1.807) is 6.07 Å². The van der Waals surface area contributed by atoms with Crippen molar-refractivity contribution in [3.05, 3.63) is 101 Å². The molecule has 0 saturated heterocycles. The van der Waals surface area contributed by atoms with Crippen molar-refractivity contribution in [1.82, 2.24) is 4.90 Å². The van der Waals surface area contributed by atoms with Crippen LogP contribution in [0.5, 0.6) is 11.5 Å². The zero-order chi connectivity index (χ0) is 25.0. The smallest absolute Gasteiger partial charge is 0.343 e. The van der Waals surface area contributed by atoms with Crippen molar-refractivity contribution in [2.75, 3.05) is 41.0 Å². The molecule has 3 rings (SSSR count). The number of hydrogen-bond acceptors (Lipinski definition) is 5. The standard InChI is InChI=1S/C30H31NO4/c1-23-21-27(16-17-29(23)35-22-30(32)33-4)34-20-18-28(25-10-6-5-7-11-25)26-14-12-24(13-15-26)9-8-19-31(2)3/h5-7,10-18,21H,19-20,22H2,1-4H3. The van der Waals surface area contributed by atoms with Gasteiger partial charge < -0.3 is 14.2 Å². The Kier molecular flexibility index (Phi) is 9.53. The minimum absolute atomic E-state index is 0.124. The van der Waals surface area contributed by atoms with Gasteiger partial charge in [-0.1, -0.05) is 54.3 Å². The molecule has 0 fully saturated rings. The minimum Gasteiger partial charge on any atom is -0.489 e. The molecule has 0 aliphatic rings. The van der Waals surface area contributed by atoms with Crippen molar-refractivity contribution < 1.29 is 19.0 Å². The highest BCUT2D eigenvalue weighted by atomic mass is 16.6. The number of ether oxygens (including phenoxy) is 3. The van der Waals surface area contributed by atoms with Gasteiger partial charge in [0.05, 0.1) is 13.7 Å². The lowest BCUT2D eigenvalue weighted by Gasteiger charge is -2.12. The number of hydrogen-bond donors (Lipinski definition) is 0. The molecular formula is C30H31NO4. The second kappa shape index (κ2) is 13.0. The van der Waals surface area contributed by atoms with Crippen molar-refractivity contribution in [3.63, 3.8) is 0 Å². The molecule has 35 heavy (non-hydrogen) atoms. The first-order valence-corrected chi connectivity index (χ1v) is 11.4. The molecule has 180 valence electrons. The molecule has 0 aliphatic carbocycles. The topological polar surface area (TPSA) is 48.0 Å². The molecular weight excluding hydrogens is 438 g/mol. The Balaban J connectivity index is 1.73. The van der Waals surface area contributed by atoms with Crippen molar-refractivity contribution in [2.24, 2.45) is 0 Å². The first-order valence-electron chi connectivity index (χ1n) is 11.4. The fourth-order valence-electron chi connectivity index (χ4n) is 3.34. The van der Waals surface area contributed by atoms with Crippen LogP contribution in [0.15, 0.2) is 78.9 Å². The number of carbonyl (C=O) groups is 1. The highest BCUT2D eigenvalue weighted by Crippen LogP contribution is 2.26. The quantitative estimate of drug-likeness (QED) is 0.327. The molecule has 0 radical (unpaired) electrons. The summed E-state index contributed by atoms with van der Waals surface area (Å²) in [4.78, 5) is 13.3. The van der Waals surface area contributed by atoms with E-state index in [4.69, 9.17) is 9.47 Å². The summed E-state index contributed by atoms with van der Waals surface area (Å²) in [5.41, 5.74) is 5.17. The van der Waals surface area contributed by atoms with Gasteiger partial charge in [-0.2, -0.15) is 0 Å². The molecule has 0 aromatic heterocycles. The van der Waals surface area contributed by atoms with Crippen molar-refractivity contribution in [1.29, 1.82) is 0 Å². The largest absolute Gasteiger partial charge is 0.489 e. The van der Waals surface area contributed by atoms with Crippen LogP contribution in [0.3, 0.4) is 0 Å². The second-order valence-corrected chi connectivity index (χ2v) is 8.20. The van der Waals surface area contributed by atoms with E-state index in [1.807, 2.05) is 68.4 Å². The molecule has 0 aliphatic heterocycles. The molecule has 0 spiro atoms. The normalized spacial score (nSPS) is 10.9. The Labute approximate surface area is 207 Å². The van der Waals surface area contributed by atoms with Crippen LogP contribution >= 0.6 is 0 Å². The van der Waals surface area contributed by atoms with E-state index in [1.165, 1.54) is 7.11 Å². The van der Waals surface area contributed by atoms with Crippen LogP contribution in [0.2, 0.25) is 0 Å². The van der Waals surface area contributed by atoms with E-state index >= 15 is 0 Å². The number of aryl methyl sites for hydroxylation is 1. The summed E-state index contributed by atoms with van der Waals surface area (Å²) >= 11 is 0. The maximum atomic E-state index is 11.3. The van der Waals surface area contributed by atoms with E-state index in [2.05, 4.69) is 46.9 Å². The predicted octanol–water partition coefficient (Wildman–Crippen LogP) is 4.97. The fraction of sp³-hybridized carbons (Fsp3) is 0.233. The van der Waals surface area contributed by atoms with E-state index < -0.39 is 5.97 Å². The van der Waals surface area contributed by atoms with Gasteiger partial charge in [0.1, 0.15) is 18.1 Å². The Morgan fingerprint density at radius 3 is 2.31 bits per heavy atom. The lowest BCUT2D eigenvalue weighted by atomic mass is 9.97. The summed E-state index contributed by atoms with van der Waals surface area (Å²) in [6.45, 7) is 2.91. The number of esters is 1. The first-order chi connectivity index (χ1) is 17.0. The van der Waals surface area contributed by atoms with Gasteiger partial charge in [0.2, 0.25) is 0 Å². The summed E-state index contributed by atoms with van der Waals surface area (Å²) in [6.07, 6.45) is 2.08. The maximum Gasteiger partial charge on any atom is 0.343 e. The Morgan fingerprint density at radius 1 is 0.943 bits per heavy atom. The van der Waals surface area contributed by atoms with Crippen LogP contribution in [0.25, 0.3) is 5.57 Å². The van der Waals surface area contributed by atoms with Crippen molar-refractivity contribution in [2.45, 2.75) is 6.92 Å². The Hall–Kier alpha value is -4.01. The van der Waals surface area contributed by atoms with Gasteiger partial charge in [0.15, 0.2) is 6.61 Å². The van der Waals surface area contributed by atoms with Gasteiger partial charge in [0.25, 0.3) is 0 Å². The summed E-state index contributed by atoms with van der Waals surface area (Å²) in [7, 11) is 5.35. The number of methoxy groups -OCH3 is 1. The van der Waals surface area contributed by atoms with Crippen LogP contribution < -0.4 is 9.47 Å². The van der Waals surface area contributed by atoms with Crippen molar-refractivity contribution >= 4 is 11.5 Å². The minimum atomic E-state index is -0.419. The maximum absolute atomic E-state index is 11.3. The van der Waals surface area contributed by atoms with Crippen LogP contribution in [0.1, 0.15) is 22.3 Å². The van der Waals surface area contributed by atoms with Gasteiger partial charge in [-0.05, 0) is 79.7 Å². The van der Waals surface area contributed by atoms with Crippen LogP contribution in [-0.2, 0) is 9.53 Å². The summed E-state index contributed by atoms with van der Waals surface area (Å²) in [5, 5.41) is 0. The molecule has 0 saturated carbocycles. The Bertz CT molecular complexity index is 1200. The number of nitrogens with zero attached hydrogens (tertiary/aromatic N) is 1. The summed E-state index contributed by atoms with van der Waals surface area (Å²) in [6, 6.07) is 24.1. The molecule has 0 unspecified atom stereocenters. The van der Waals surface area contributed by atoms with Gasteiger partial charge in [-0.3, -0.25) is 4.90 Å². The average Bonchev–Trinajstić information content (AvgIpc) is 2.87. The molecule has 3 aromatic carbocycles. The van der Waals surface area contributed by atoms with Gasteiger partial charge in [0, 0.05) is 5.56 Å². The third-order valence-corrected chi connectivity index (χ3v) is 5.17. The molecule has 5 nitrogen and oxygen atoms in total. The molecule has 0 heterocycles. The van der Waals surface area contributed by atoms with E-state index in [9.17, 15) is 4.79 Å². The number of rotatable bonds is 9. The SMILES string of the molecule is COC(=O)COc1ccc(OCC=C(c2ccccc2)c2ccc(C#CCN(C)C)cc2)cc1C. The van der Waals surface area contributed by atoms with Crippen LogP contribution in [0.4, 0.5) is 0 Å². The van der Waals surface area contributed by atoms with Gasteiger partial charge in [-0.25, -0.2) is 4.79 Å². The number of carbonyl (C=O) groups excluding carboxylic acids is 1. The Morgan fingerprint density at radius 2 is 1.66 bits per heavy atom. The van der Waals surface area contributed by atoms with E-state index in [0.717, 1.165) is 40.1 Å². The van der Waals surface area contributed by atoms with Crippen LogP contribution in [-0.4, -0.2) is 51.8 Å². The summed E-state index contributed by atoms with van der Waals surface area (Å²) in [5.74, 6) is 7.30. The molecule has 5 heteroatoms. The fourth-order valence-corrected chi connectivity index (χ4v) is 3.34. The number of benzene rings is 3. The molecule has 0 bridgehead atoms. The summed E-state index contributed by atoms with van der Waals surface area (Å²) < 4.78 is 16.1. The van der Waals surface area contributed by atoms with Gasteiger partial charge >= 0.3 is 5.97 Å². The lowest BCUT2D eigenvalue weighted by Crippen LogP contribution is -2.13. The molecule has 0 atom stereocenters. The van der Waals surface area contributed by atoms with Crippen molar-refractivity contribution in [3.8, 4) is 23.3 Å². The zero-order valence-corrected chi connectivity index (χ0v) is 20.7. The third kappa shape index (κ3) is 8.06. The van der Waals surface area contributed by atoms with Crippen LogP contribution in [0, 0.1) is 18.8 Å². The predicted molar refractivity (Wildman–Crippen MR) is 140 cm³/mol. The molecule has 0 N–H and O–H groups in total.